The highest BCUT2D eigenvalue weighted by Gasteiger charge is 2.19. The molecule has 0 aliphatic carbocycles. The fraction of sp³-hybridized carbons (Fsp3) is 0.381. The van der Waals surface area contributed by atoms with Crippen LogP contribution in [0.25, 0.3) is 0 Å². The molecule has 1 atom stereocenters. The Kier molecular flexibility index (Phi) is 5.66. The highest BCUT2D eigenvalue weighted by atomic mass is 16.5. The minimum atomic E-state index is -0.119. The van der Waals surface area contributed by atoms with Crippen molar-refractivity contribution in [3.63, 3.8) is 0 Å². The molecule has 0 aliphatic heterocycles. The minimum absolute atomic E-state index is 0.0172. The molecular formula is C21H27NO2. The van der Waals surface area contributed by atoms with Gasteiger partial charge in [-0.2, -0.15) is 0 Å². The number of carbonyl (C=O) groups excluding carboxylic acids is 1. The second-order valence-electron chi connectivity index (χ2n) is 7.23. The molecule has 0 bridgehead atoms. The Labute approximate surface area is 145 Å². The van der Waals surface area contributed by atoms with E-state index in [2.05, 4.69) is 26.1 Å². The first-order valence-electron chi connectivity index (χ1n) is 8.35. The lowest BCUT2D eigenvalue weighted by atomic mass is 9.86. The van der Waals surface area contributed by atoms with Crippen molar-refractivity contribution in [2.75, 3.05) is 6.61 Å². The van der Waals surface area contributed by atoms with Gasteiger partial charge < -0.3 is 10.1 Å². The highest BCUT2D eigenvalue weighted by molar-refractivity contribution is 5.78. The molecule has 2 rings (SSSR count). The summed E-state index contributed by atoms with van der Waals surface area (Å²) in [6.07, 6.45) is 0. The summed E-state index contributed by atoms with van der Waals surface area (Å²) in [4.78, 5) is 12.2. The van der Waals surface area contributed by atoms with Crippen LogP contribution in [0.4, 0.5) is 0 Å². The predicted octanol–water partition coefficient (Wildman–Crippen LogP) is 4.55. The van der Waals surface area contributed by atoms with Crippen LogP contribution in [0.3, 0.4) is 0 Å². The average molecular weight is 325 g/mol. The number of nitrogens with one attached hydrogen (secondary N) is 1. The maximum atomic E-state index is 12.2. The first kappa shape index (κ1) is 18.1. The molecular weight excluding hydrogens is 298 g/mol. The number of aryl methyl sites for hydroxylation is 1. The van der Waals surface area contributed by atoms with Crippen molar-refractivity contribution in [2.24, 2.45) is 0 Å². The molecule has 0 saturated heterocycles. The molecule has 0 saturated carbocycles. The minimum Gasteiger partial charge on any atom is -0.483 e. The molecule has 0 fully saturated rings. The van der Waals surface area contributed by atoms with Gasteiger partial charge in [0.2, 0.25) is 0 Å². The number of rotatable bonds is 5. The zero-order valence-electron chi connectivity index (χ0n) is 15.2. The maximum Gasteiger partial charge on any atom is 0.258 e. The molecule has 24 heavy (non-hydrogen) atoms. The lowest BCUT2D eigenvalue weighted by Gasteiger charge is -2.22. The van der Waals surface area contributed by atoms with E-state index in [0.29, 0.717) is 0 Å². The van der Waals surface area contributed by atoms with Crippen molar-refractivity contribution < 1.29 is 9.53 Å². The number of hydrogen-bond acceptors (Lipinski definition) is 2. The van der Waals surface area contributed by atoms with Crippen molar-refractivity contribution >= 4 is 5.91 Å². The van der Waals surface area contributed by atoms with Crippen LogP contribution in [0, 0.1) is 6.92 Å². The molecule has 1 N–H and O–H groups in total. The second kappa shape index (κ2) is 7.52. The number of benzene rings is 2. The molecule has 128 valence electrons. The molecule has 3 heteroatoms. The predicted molar refractivity (Wildman–Crippen MR) is 98.4 cm³/mol. The van der Waals surface area contributed by atoms with Crippen LogP contribution in [0.2, 0.25) is 0 Å². The summed E-state index contributed by atoms with van der Waals surface area (Å²) in [5.41, 5.74) is 3.37. The second-order valence-corrected chi connectivity index (χ2v) is 7.23. The largest absolute Gasteiger partial charge is 0.483 e. The third kappa shape index (κ3) is 4.85. The third-order valence-corrected chi connectivity index (χ3v) is 4.01. The smallest absolute Gasteiger partial charge is 0.258 e. The Hall–Kier alpha value is -2.29. The Morgan fingerprint density at radius 2 is 1.71 bits per heavy atom. The van der Waals surface area contributed by atoms with Gasteiger partial charge in [-0.3, -0.25) is 4.79 Å². The summed E-state index contributed by atoms with van der Waals surface area (Å²) in [6.45, 7) is 10.4. The van der Waals surface area contributed by atoms with Gasteiger partial charge in [0, 0.05) is 0 Å². The van der Waals surface area contributed by atoms with Crippen LogP contribution in [0.5, 0.6) is 5.75 Å². The van der Waals surface area contributed by atoms with Crippen LogP contribution < -0.4 is 10.1 Å². The summed E-state index contributed by atoms with van der Waals surface area (Å²) in [5.74, 6) is 0.648. The van der Waals surface area contributed by atoms with Gasteiger partial charge in [0.15, 0.2) is 6.61 Å². The number of amides is 1. The fourth-order valence-electron chi connectivity index (χ4n) is 2.58. The molecule has 3 nitrogen and oxygen atoms in total. The van der Waals surface area contributed by atoms with E-state index < -0.39 is 0 Å². The zero-order chi connectivity index (χ0) is 17.7. The van der Waals surface area contributed by atoms with E-state index in [0.717, 1.165) is 16.9 Å². The normalized spacial score (nSPS) is 12.5. The van der Waals surface area contributed by atoms with E-state index in [1.807, 2.05) is 62.4 Å². The lowest BCUT2D eigenvalue weighted by molar-refractivity contribution is -0.123. The third-order valence-electron chi connectivity index (χ3n) is 4.01. The van der Waals surface area contributed by atoms with E-state index >= 15 is 0 Å². The van der Waals surface area contributed by atoms with Crippen LogP contribution in [-0.4, -0.2) is 12.5 Å². The van der Waals surface area contributed by atoms with E-state index in [9.17, 15) is 4.79 Å². The van der Waals surface area contributed by atoms with E-state index in [4.69, 9.17) is 4.74 Å². The first-order valence-corrected chi connectivity index (χ1v) is 8.35. The van der Waals surface area contributed by atoms with Crippen molar-refractivity contribution in [1.29, 1.82) is 0 Å². The molecule has 0 aromatic heterocycles. The van der Waals surface area contributed by atoms with Gasteiger partial charge in [-0.15, -0.1) is 0 Å². The van der Waals surface area contributed by atoms with E-state index in [-0.39, 0.29) is 24.0 Å². The van der Waals surface area contributed by atoms with Crippen LogP contribution in [0.1, 0.15) is 50.4 Å². The standard InChI is InChI=1S/C21H27NO2/c1-15-10-12-17(13-11-15)16(2)22-20(23)14-24-19-9-7-6-8-18(19)21(3,4)5/h6-13,16H,14H2,1-5H3,(H,22,23)/t16-/m0/s1. The zero-order valence-corrected chi connectivity index (χ0v) is 15.2. The monoisotopic (exact) mass is 325 g/mol. The van der Waals surface area contributed by atoms with E-state index in [1.165, 1.54) is 5.56 Å². The molecule has 2 aromatic carbocycles. The first-order chi connectivity index (χ1) is 11.3. The Morgan fingerprint density at radius 3 is 2.33 bits per heavy atom. The van der Waals surface area contributed by atoms with E-state index in [1.54, 1.807) is 0 Å². The van der Waals surface area contributed by atoms with Gasteiger partial charge in [0.1, 0.15) is 5.75 Å². The number of ether oxygens (including phenoxy) is 1. The number of hydrogen-bond donors (Lipinski definition) is 1. The molecule has 0 radical (unpaired) electrons. The van der Waals surface area contributed by atoms with Gasteiger partial charge in [0.25, 0.3) is 5.91 Å². The van der Waals surface area contributed by atoms with Gasteiger partial charge >= 0.3 is 0 Å². The molecule has 1 amide bonds. The SMILES string of the molecule is Cc1ccc([C@H](C)NC(=O)COc2ccccc2C(C)(C)C)cc1. The van der Waals surface area contributed by atoms with Crippen molar-refractivity contribution in [1.82, 2.24) is 5.32 Å². The molecule has 0 unspecified atom stereocenters. The fourth-order valence-corrected chi connectivity index (χ4v) is 2.58. The van der Waals surface area contributed by atoms with Crippen molar-refractivity contribution in [3.05, 3.63) is 65.2 Å². The van der Waals surface area contributed by atoms with Gasteiger partial charge in [-0.25, -0.2) is 0 Å². The Bertz CT molecular complexity index is 684. The molecule has 0 spiro atoms. The summed E-state index contributed by atoms with van der Waals surface area (Å²) >= 11 is 0. The summed E-state index contributed by atoms with van der Waals surface area (Å²) in [6, 6.07) is 16.0. The quantitative estimate of drug-likeness (QED) is 0.876. The molecule has 0 heterocycles. The highest BCUT2D eigenvalue weighted by Crippen LogP contribution is 2.30. The summed E-state index contributed by atoms with van der Waals surface area (Å²) < 4.78 is 5.77. The maximum absolute atomic E-state index is 12.2. The molecule has 0 aliphatic rings. The number of carbonyl (C=O) groups is 1. The van der Waals surface area contributed by atoms with Crippen LogP contribution in [0.15, 0.2) is 48.5 Å². The average Bonchev–Trinajstić information content (AvgIpc) is 2.53. The van der Waals surface area contributed by atoms with Gasteiger partial charge in [-0.1, -0.05) is 68.8 Å². The van der Waals surface area contributed by atoms with Crippen LogP contribution in [-0.2, 0) is 10.2 Å². The molecule has 2 aromatic rings. The van der Waals surface area contributed by atoms with Crippen molar-refractivity contribution in [2.45, 2.75) is 46.1 Å². The van der Waals surface area contributed by atoms with Gasteiger partial charge in [-0.05, 0) is 36.5 Å². The summed E-state index contributed by atoms with van der Waals surface area (Å²) in [5, 5.41) is 2.98. The topological polar surface area (TPSA) is 38.3 Å². The lowest BCUT2D eigenvalue weighted by Crippen LogP contribution is -2.31. The Morgan fingerprint density at radius 1 is 1.08 bits per heavy atom. The van der Waals surface area contributed by atoms with Gasteiger partial charge in [0.05, 0.1) is 6.04 Å². The Balaban J connectivity index is 1.95. The van der Waals surface area contributed by atoms with Crippen molar-refractivity contribution in [3.8, 4) is 5.75 Å². The number of para-hydroxylation sites is 1. The van der Waals surface area contributed by atoms with Crippen LogP contribution >= 0.6 is 0 Å². The summed E-state index contributed by atoms with van der Waals surface area (Å²) in [7, 11) is 0.